The van der Waals surface area contributed by atoms with Gasteiger partial charge in [0.25, 0.3) is 0 Å². The summed E-state index contributed by atoms with van der Waals surface area (Å²) < 4.78 is 35.8. The van der Waals surface area contributed by atoms with Gasteiger partial charge in [-0.15, -0.1) is 0 Å². The van der Waals surface area contributed by atoms with E-state index in [1.165, 1.54) is 5.56 Å². The summed E-state index contributed by atoms with van der Waals surface area (Å²) in [6.07, 6.45) is 4.42. The molecular formula is C22H24F2N2O2. The second-order valence-corrected chi connectivity index (χ2v) is 7.50. The van der Waals surface area contributed by atoms with Gasteiger partial charge < -0.3 is 19.4 Å². The normalized spacial score (nSPS) is 16.1. The number of aromatic nitrogens is 1. The average molecular weight is 386 g/mol. The van der Waals surface area contributed by atoms with Crippen molar-refractivity contribution in [1.82, 2.24) is 9.88 Å². The molecular weight excluding hydrogens is 362 g/mol. The molecule has 6 heteroatoms. The number of nitrogens with zero attached hydrogens (tertiary/aromatic N) is 1. The summed E-state index contributed by atoms with van der Waals surface area (Å²) in [6, 6.07) is 11.2. The van der Waals surface area contributed by atoms with Crippen LogP contribution in [0.25, 0.3) is 10.9 Å². The van der Waals surface area contributed by atoms with E-state index >= 15 is 0 Å². The van der Waals surface area contributed by atoms with E-state index in [9.17, 15) is 8.78 Å². The van der Waals surface area contributed by atoms with Gasteiger partial charge in [0.2, 0.25) is 0 Å². The molecule has 0 unspecified atom stereocenters. The van der Waals surface area contributed by atoms with Gasteiger partial charge in [-0.05, 0) is 61.5 Å². The zero-order valence-corrected chi connectivity index (χ0v) is 16.0. The fourth-order valence-corrected chi connectivity index (χ4v) is 3.85. The fourth-order valence-electron chi connectivity index (χ4n) is 3.85. The Morgan fingerprint density at radius 3 is 2.75 bits per heavy atom. The van der Waals surface area contributed by atoms with Gasteiger partial charge in [-0.3, -0.25) is 0 Å². The molecule has 1 aliphatic rings. The Labute approximate surface area is 163 Å². The summed E-state index contributed by atoms with van der Waals surface area (Å²) in [5.74, 6) is 1.07. The zero-order valence-electron chi connectivity index (χ0n) is 16.0. The molecule has 1 atom stereocenters. The highest BCUT2D eigenvalue weighted by molar-refractivity contribution is 5.89. The van der Waals surface area contributed by atoms with E-state index in [0.29, 0.717) is 6.42 Å². The third kappa shape index (κ3) is 3.97. The Kier molecular flexibility index (Phi) is 5.22. The number of alkyl halides is 2. The first-order valence-electron chi connectivity index (χ1n) is 9.46. The number of rotatable bonds is 7. The molecule has 0 bridgehead atoms. The fraction of sp³-hybridized carbons (Fsp3) is 0.364. The monoisotopic (exact) mass is 386 g/mol. The van der Waals surface area contributed by atoms with E-state index in [2.05, 4.69) is 41.0 Å². The van der Waals surface area contributed by atoms with Crippen LogP contribution in [0.5, 0.6) is 11.5 Å². The van der Waals surface area contributed by atoms with Crippen LogP contribution >= 0.6 is 0 Å². The Hall–Kier alpha value is -2.60. The predicted octanol–water partition coefficient (Wildman–Crippen LogP) is 4.42. The minimum atomic E-state index is -2.81. The van der Waals surface area contributed by atoms with E-state index in [0.717, 1.165) is 47.2 Å². The summed E-state index contributed by atoms with van der Waals surface area (Å²) in [4.78, 5) is 5.50. The summed E-state index contributed by atoms with van der Waals surface area (Å²) in [7, 11) is 4.13. The number of nitrogens with one attached hydrogen (secondary N) is 1. The van der Waals surface area contributed by atoms with Gasteiger partial charge in [-0.2, -0.15) is 8.78 Å². The maximum absolute atomic E-state index is 12.5. The van der Waals surface area contributed by atoms with Crippen LogP contribution < -0.4 is 9.47 Å². The van der Waals surface area contributed by atoms with Crippen molar-refractivity contribution >= 4 is 10.9 Å². The number of hydrogen-bond donors (Lipinski definition) is 1. The van der Waals surface area contributed by atoms with Crippen LogP contribution in [0.1, 0.15) is 16.7 Å². The summed E-state index contributed by atoms with van der Waals surface area (Å²) in [5.41, 5.74) is 4.44. The Bertz CT molecular complexity index is 968. The van der Waals surface area contributed by atoms with Gasteiger partial charge in [0.05, 0.1) is 0 Å². The summed E-state index contributed by atoms with van der Waals surface area (Å²) in [6.45, 7) is -1.85. The topological polar surface area (TPSA) is 37.5 Å². The molecule has 1 aliphatic carbocycles. The van der Waals surface area contributed by atoms with Crippen molar-refractivity contribution in [3.63, 3.8) is 0 Å². The van der Waals surface area contributed by atoms with Crippen LogP contribution in [0.2, 0.25) is 0 Å². The van der Waals surface area contributed by atoms with Crippen LogP contribution in [0, 0.1) is 0 Å². The lowest BCUT2D eigenvalue weighted by Gasteiger charge is -2.15. The van der Waals surface area contributed by atoms with Crippen LogP contribution in [-0.4, -0.2) is 43.2 Å². The van der Waals surface area contributed by atoms with Crippen molar-refractivity contribution in [2.75, 3.05) is 20.6 Å². The zero-order chi connectivity index (χ0) is 19.7. The smallest absolute Gasteiger partial charge is 0.387 e. The van der Waals surface area contributed by atoms with E-state index in [1.807, 2.05) is 18.2 Å². The molecule has 0 saturated heterocycles. The third-order valence-corrected chi connectivity index (χ3v) is 5.17. The minimum absolute atomic E-state index is 0.0148. The standard InChI is InChI=1S/C22H24F2N2O2/c1-26(2)9-8-15-13-25-19-4-3-5-20(21(15)19)27-18-10-14-6-7-17(28-22(23)24)11-16(14)12-18/h3-7,11,13,18,22,25H,8-10,12H2,1-2H3/t18-/m0/s1. The number of halogens is 2. The van der Waals surface area contributed by atoms with Crippen molar-refractivity contribution in [2.24, 2.45) is 0 Å². The van der Waals surface area contributed by atoms with Crippen molar-refractivity contribution in [3.05, 3.63) is 59.3 Å². The van der Waals surface area contributed by atoms with Crippen molar-refractivity contribution in [3.8, 4) is 11.5 Å². The number of likely N-dealkylation sites (N-methyl/N-ethyl adjacent to an activating group) is 1. The van der Waals surface area contributed by atoms with E-state index < -0.39 is 6.61 Å². The summed E-state index contributed by atoms with van der Waals surface area (Å²) >= 11 is 0. The van der Waals surface area contributed by atoms with Crippen LogP contribution in [0.3, 0.4) is 0 Å². The molecule has 0 saturated carbocycles. The highest BCUT2D eigenvalue weighted by Crippen LogP contribution is 2.34. The molecule has 0 spiro atoms. The molecule has 1 aromatic heterocycles. The third-order valence-electron chi connectivity index (χ3n) is 5.17. The average Bonchev–Trinajstić information content (AvgIpc) is 3.23. The molecule has 0 radical (unpaired) electrons. The molecule has 4 rings (SSSR count). The minimum Gasteiger partial charge on any atom is -0.489 e. The van der Waals surface area contributed by atoms with Gasteiger partial charge >= 0.3 is 6.61 Å². The van der Waals surface area contributed by atoms with Crippen molar-refractivity contribution in [1.29, 1.82) is 0 Å². The van der Waals surface area contributed by atoms with Gasteiger partial charge in [-0.1, -0.05) is 12.1 Å². The van der Waals surface area contributed by atoms with Gasteiger partial charge in [-0.25, -0.2) is 0 Å². The number of H-pyrrole nitrogens is 1. The number of benzene rings is 2. The SMILES string of the molecule is CN(C)CCc1c[nH]c2cccc(O[C@H]3Cc4ccc(OC(F)F)cc4C3)c12. The van der Waals surface area contributed by atoms with Crippen LogP contribution in [0.15, 0.2) is 42.6 Å². The number of aromatic amines is 1. The molecule has 0 aliphatic heterocycles. The lowest BCUT2D eigenvalue weighted by molar-refractivity contribution is -0.0498. The molecule has 148 valence electrons. The number of hydrogen-bond acceptors (Lipinski definition) is 3. The molecule has 4 nitrogen and oxygen atoms in total. The van der Waals surface area contributed by atoms with Gasteiger partial charge in [0.15, 0.2) is 0 Å². The molecule has 28 heavy (non-hydrogen) atoms. The van der Waals surface area contributed by atoms with Gasteiger partial charge in [0.1, 0.15) is 17.6 Å². The summed E-state index contributed by atoms with van der Waals surface area (Å²) in [5, 5.41) is 1.13. The van der Waals surface area contributed by atoms with E-state index in [-0.39, 0.29) is 11.9 Å². The quantitative estimate of drug-likeness (QED) is 0.653. The van der Waals surface area contributed by atoms with Crippen molar-refractivity contribution in [2.45, 2.75) is 32.0 Å². The highest BCUT2D eigenvalue weighted by atomic mass is 19.3. The lowest BCUT2D eigenvalue weighted by atomic mass is 10.1. The van der Waals surface area contributed by atoms with Crippen LogP contribution in [0.4, 0.5) is 8.78 Å². The highest BCUT2D eigenvalue weighted by Gasteiger charge is 2.25. The largest absolute Gasteiger partial charge is 0.489 e. The Balaban J connectivity index is 1.53. The molecule has 1 heterocycles. The second kappa shape index (κ2) is 7.80. The predicted molar refractivity (Wildman–Crippen MR) is 105 cm³/mol. The second-order valence-electron chi connectivity index (χ2n) is 7.50. The first-order valence-corrected chi connectivity index (χ1v) is 9.46. The Morgan fingerprint density at radius 2 is 1.96 bits per heavy atom. The molecule has 0 fully saturated rings. The maximum atomic E-state index is 12.5. The lowest BCUT2D eigenvalue weighted by Crippen LogP contribution is -2.17. The van der Waals surface area contributed by atoms with E-state index in [1.54, 1.807) is 12.1 Å². The molecule has 2 aromatic carbocycles. The molecule has 0 amide bonds. The first-order chi connectivity index (χ1) is 13.5. The number of fused-ring (bicyclic) bond motifs is 2. The van der Waals surface area contributed by atoms with Crippen LogP contribution in [-0.2, 0) is 19.3 Å². The van der Waals surface area contributed by atoms with Crippen molar-refractivity contribution < 1.29 is 18.3 Å². The van der Waals surface area contributed by atoms with Gasteiger partial charge in [0, 0.05) is 36.5 Å². The van der Waals surface area contributed by atoms with E-state index in [4.69, 9.17) is 4.74 Å². The number of ether oxygens (including phenoxy) is 2. The first kappa shape index (κ1) is 18.7. The molecule has 3 aromatic rings. The molecule has 1 N–H and O–H groups in total. The Morgan fingerprint density at radius 1 is 1.14 bits per heavy atom. The maximum Gasteiger partial charge on any atom is 0.387 e.